The van der Waals surface area contributed by atoms with E-state index in [0.29, 0.717) is 5.52 Å². The number of benzene rings is 2. The number of carboxylic acid groups (broad SMARTS) is 1. The molecule has 0 radical (unpaired) electrons. The first-order chi connectivity index (χ1) is 11.5. The summed E-state index contributed by atoms with van der Waals surface area (Å²) < 4.78 is 24.7. The van der Waals surface area contributed by atoms with Crippen molar-refractivity contribution in [2.45, 2.75) is 0 Å². The molecule has 0 amide bonds. The maximum absolute atomic E-state index is 11.9. The number of carbonyl (C=O) groups is 1. The minimum atomic E-state index is -2.80. The predicted molar refractivity (Wildman–Crippen MR) is 91.2 cm³/mol. The molecule has 3 rings (SSSR count). The van der Waals surface area contributed by atoms with Crippen molar-refractivity contribution in [3.8, 4) is 0 Å². The number of anilines is 2. The molecule has 0 spiro atoms. The van der Waals surface area contributed by atoms with Crippen molar-refractivity contribution < 1.29 is 18.7 Å². The molecule has 8 heteroatoms. The smallest absolute Gasteiger partial charge is 0.337 e. The first kappa shape index (κ1) is 16.4. The van der Waals surface area contributed by atoms with E-state index in [-0.39, 0.29) is 22.0 Å². The van der Waals surface area contributed by atoms with E-state index >= 15 is 0 Å². The molecule has 122 valence electrons. The van der Waals surface area contributed by atoms with Crippen LogP contribution in [-0.4, -0.2) is 24.8 Å². The fourth-order valence-electron chi connectivity index (χ4n) is 2.42. The molecule has 0 aliphatic heterocycles. The Bertz CT molecular complexity index is 958. The summed E-state index contributed by atoms with van der Waals surface area (Å²) in [6, 6.07) is 12.7. The summed E-state index contributed by atoms with van der Waals surface area (Å²) in [7, 11) is 0. The maximum atomic E-state index is 11.9. The van der Waals surface area contributed by atoms with E-state index < -0.39 is 17.2 Å². The van der Waals surface area contributed by atoms with Crippen LogP contribution >= 0.6 is 11.6 Å². The van der Waals surface area contributed by atoms with Gasteiger partial charge in [-0.25, -0.2) is 4.79 Å². The summed E-state index contributed by atoms with van der Waals surface area (Å²) >= 11 is 3.31. The zero-order valence-corrected chi connectivity index (χ0v) is 13.6. The highest BCUT2D eigenvalue weighted by Gasteiger charge is 2.23. The monoisotopic (exact) mass is 361 g/mol. The lowest BCUT2D eigenvalue weighted by Crippen LogP contribution is -2.23. The number of fused-ring (bicyclic) bond motifs is 1. The van der Waals surface area contributed by atoms with Gasteiger partial charge >= 0.3 is 5.97 Å². The van der Waals surface area contributed by atoms with Gasteiger partial charge in [0.2, 0.25) is 0 Å². The zero-order valence-electron chi connectivity index (χ0n) is 12.0. The van der Waals surface area contributed by atoms with Gasteiger partial charge in [0.15, 0.2) is 0 Å². The molecule has 0 bridgehead atoms. The first-order valence-corrected chi connectivity index (χ1v) is 8.16. The summed E-state index contributed by atoms with van der Waals surface area (Å²) in [6.45, 7) is 0. The third kappa shape index (κ3) is 2.84. The zero-order chi connectivity index (χ0) is 17.3. The molecule has 1 aromatic heterocycles. The average molecular weight is 362 g/mol. The Morgan fingerprint density at radius 1 is 1.17 bits per heavy atom. The Kier molecular flexibility index (Phi) is 4.48. The van der Waals surface area contributed by atoms with E-state index in [2.05, 4.69) is 4.98 Å². The number of pyridine rings is 1. The van der Waals surface area contributed by atoms with Crippen LogP contribution in [0.4, 0.5) is 11.4 Å². The van der Waals surface area contributed by atoms with Crippen LogP contribution in [0.2, 0.25) is 5.02 Å². The lowest BCUT2D eigenvalue weighted by atomic mass is 10.1. The molecule has 1 atom stereocenters. The molecule has 3 aromatic rings. The summed E-state index contributed by atoms with van der Waals surface area (Å²) in [6.07, 6.45) is 1.53. The van der Waals surface area contributed by atoms with Crippen LogP contribution < -0.4 is 4.31 Å². The molecule has 0 aliphatic rings. The number of hydrogen-bond donors (Lipinski definition) is 1. The lowest BCUT2D eigenvalue weighted by molar-refractivity contribution is 0.0698. The quantitative estimate of drug-likeness (QED) is 0.717. The van der Waals surface area contributed by atoms with Crippen molar-refractivity contribution in [3.05, 3.63) is 65.3 Å². The van der Waals surface area contributed by atoms with Crippen molar-refractivity contribution in [3.63, 3.8) is 0 Å². The SMILES string of the molecule is O=C(O)c1cccc(Cl)c1N(c1cccc2cccnc12)S(=O)[O-]. The summed E-state index contributed by atoms with van der Waals surface area (Å²) in [4.78, 5) is 15.7. The molecule has 0 saturated heterocycles. The molecule has 0 fully saturated rings. The van der Waals surface area contributed by atoms with Gasteiger partial charge in [0.1, 0.15) is 0 Å². The maximum Gasteiger partial charge on any atom is 0.337 e. The van der Waals surface area contributed by atoms with Crippen molar-refractivity contribution in [2.24, 2.45) is 0 Å². The molecule has 24 heavy (non-hydrogen) atoms. The number of rotatable bonds is 4. The van der Waals surface area contributed by atoms with Crippen LogP contribution in [0.25, 0.3) is 10.9 Å². The molecule has 0 aliphatic carbocycles. The third-order valence-electron chi connectivity index (χ3n) is 3.40. The Morgan fingerprint density at radius 3 is 2.58 bits per heavy atom. The van der Waals surface area contributed by atoms with E-state index in [1.54, 1.807) is 30.3 Å². The van der Waals surface area contributed by atoms with Gasteiger partial charge in [0.25, 0.3) is 0 Å². The third-order valence-corrected chi connectivity index (χ3v) is 4.38. The Balaban J connectivity index is 2.34. The lowest BCUT2D eigenvalue weighted by Gasteiger charge is -2.29. The number of aromatic carboxylic acids is 1. The number of nitrogens with zero attached hydrogens (tertiary/aromatic N) is 2. The molecule has 1 unspecified atom stereocenters. The van der Waals surface area contributed by atoms with Gasteiger partial charge in [0, 0.05) is 11.6 Å². The Morgan fingerprint density at radius 2 is 1.88 bits per heavy atom. The van der Waals surface area contributed by atoms with Crippen LogP contribution in [0.15, 0.2) is 54.7 Å². The van der Waals surface area contributed by atoms with Crippen LogP contribution in [-0.2, 0) is 11.3 Å². The molecular formula is C16H10ClN2O4S-. The second-order valence-corrected chi connectivity index (χ2v) is 6.01. The summed E-state index contributed by atoms with van der Waals surface area (Å²) in [5.74, 6) is -1.28. The second kappa shape index (κ2) is 6.56. The van der Waals surface area contributed by atoms with Gasteiger partial charge in [-0.05, 0) is 24.3 Å². The molecular weight excluding hydrogens is 352 g/mol. The van der Waals surface area contributed by atoms with E-state index in [1.807, 2.05) is 0 Å². The number of halogens is 1. The number of hydrogen-bond acceptors (Lipinski definition) is 4. The Labute approximate surface area is 144 Å². The van der Waals surface area contributed by atoms with E-state index in [0.717, 1.165) is 9.69 Å². The molecule has 0 saturated carbocycles. The van der Waals surface area contributed by atoms with E-state index in [1.165, 1.54) is 24.4 Å². The van der Waals surface area contributed by atoms with Crippen molar-refractivity contribution >= 4 is 51.1 Å². The van der Waals surface area contributed by atoms with Gasteiger partial charge in [-0.2, -0.15) is 0 Å². The van der Waals surface area contributed by atoms with E-state index in [9.17, 15) is 18.7 Å². The van der Waals surface area contributed by atoms with Crippen molar-refractivity contribution in [1.29, 1.82) is 0 Å². The fraction of sp³-hybridized carbons (Fsp3) is 0. The standard InChI is InChI=1S/C16H11ClN2O4S/c17-12-7-2-6-11(16(20)21)15(12)19(24(22)23)13-8-1-4-10-5-3-9-18-14(10)13/h1-9H,(H,20,21)(H,22,23)/p-1. The van der Waals surface area contributed by atoms with Crippen molar-refractivity contribution in [1.82, 2.24) is 4.98 Å². The highest BCUT2D eigenvalue weighted by molar-refractivity contribution is 7.81. The summed E-state index contributed by atoms with van der Waals surface area (Å²) in [5.41, 5.74) is 0.287. The minimum Gasteiger partial charge on any atom is -0.755 e. The average Bonchev–Trinajstić information content (AvgIpc) is 2.56. The molecule has 1 heterocycles. The first-order valence-electron chi connectivity index (χ1n) is 6.76. The number of para-hydroxylation sites is 2. The Hall–Kier alpha value is -2.48. The van der Waals surface area contributed by atoms with Crippen molar-refractivity contribution in [2.75, 3.05) is 4.31 Å². The number of aromatic nitrogens is 1. The largest absolute Gasteiger partial charge is 0.755 e. The van der Waals surface area contributed by atoms with Gasteiger partial charge in [-0.1, -0.05) is 35.9 Å². The fourth-order valence-corrected chi connectivity index (χ4v) is 3.38. The van der Waals surface area contributed by atoms with Crippen LogP contribution in [0, 0.1) is 0 Å². The van der Waals surface area contributed by atoms with E-state index in [4.69, 9.17) is 11.6 Å². The number of carboxylic acids is 1. The van der Waals surface area contributed by atoms with Gasteiger partial charge in [0.05, 0.1) is 38.7 Å². The minimum absolute atomic E-state index is 0.00651. The topological polar surface area (TPSA) is 93.6 Å². The van der Waals surface area contributed by atoms with Gasteiger partial charge in [-0.3, -0.25) is 13.5 Å². The highest BCUT2D eigenvalue weighted by Crippen LogP contribution is 2.38. The predicted octanol–water partition coefficient (Wildman–Crippen LogP) is 3.52. The van der Waals surface area contributed by atoms with Crippen LogP contribution in [0.1, 0.15) is 10.4 Å². The molecule has 1 N–H and O–H groups in total. The summed E-state index contributed by atoms with van der Waals surface area (Å²) in [5, 5.41) is 10.1. The normalized spacial score (nSPS) is 12.1. The van der Waals surface area contributed by atoms with Crippen LogP contribution in [0.5, 0.6) is 0 Å². The highest BCUT2D eigenvalue weighted by atomic mass is 35.5. The molecule has 2 aromatic carbocycles. The second-order valence-electron chi connectivity index (χ2n) is 4.80. The van der Waals surface area contributed by atoms with Gasteiger partial charge < -0.3 is 9.66 Å². The molecule has 6 nitrogen and oxygen atoms in total. The van der Waals surface area contributed by atoms with Crippen LogP contribution in [0.3, 0.4) is 0 Å². The van der Waals surface area contributed by atoms with Gasteiger partial charge in [-0.15, -0.1) is 0 Å².